The number of carbonyl (C=O) groups is 4. The zero-order valence-electron chi connectivity index (χ0n) is 25.4. The van der Waals surface area contributed by atoms with Gasteiger partial charge in [0.2, 0.25) is 23.5 Å². The van der Waals surface area contributed by atoms with E-state index in [9.17, 15) is 32.2 Å². The molecule has 48 heavy (non-hydrogen) atoms. The highest BCUT2D eigenvalue weighted by atomic mass is 32.2. The van der Waals surface area contributed by atoms with Crippen molar-refractivity contribution in [2.75, 3.05) is 9.62 Å². The van der Waals surface area contributed by atoms with Gasteiger partial charge in [0, 0.05) is 56.3 Å². The number of ketones is 1. The molecule has 1 atom stereocenters. The van der Waals surface area contributed by atoms with Crippen LogP contribution in [0.5, 0.6) is 0 Å². The molecule has 15 heteroatoms. The lowest BCUT2D eigenvalue weighted by Gasteiger charge is -2.21. The summed E-state index contributed by atoms with van der Waals surface area (Å²) in [6, 6.07) is 9.78. The van der Waals surface area contributed by atoms with Crippen molar-refractivity contribution >= 4 is 56.9 Å². The largest absolute Gasteiger partial charge is 0.326 e. The molecule has 2 heterocycles. The maximum absolute atomic E-state index is 16.2. The molecule has 0 saturated heterocycles. The molecule has 2 amide bonds. The summed E-state index contributed by atoms with van der Waals surface area (Å²) >= 11 is 0. The molecule has 3 N–H and O–H groups in total. The summed E-state index contributed by atoms with van der Waals surface area (Å²) in [6.07, 6.45) is 2.48. The van der Waals surface area contributed by atoms with Gasteiger partial charge in [-0.2, -0.15) is 0 Å². The molecule has 0 aliphatic carbocycles. The van der Waals surface area contributed by atoms with Crippen molar-refractivity contribution < 1.29 is 40.9 Å². The van der Waals surface area contributed by atoms with Crippen LogP contribution in [-0.4, -0.2) is 37.3 Å². The SMILES string of the molecule is CC(=O)Nc1ccc(-c2cnc3c(c2)c(C(=O)c2c(F)ccc(N(C(C)=O)S(=O)c4cc(F)ccc4F)c2F)cn3C(C)=O)cc1CN. The summed E-state index contributed by atoms with van der Waals surface area (Å²) < 4.78 is 74.4. The smallest absolute Gasteiger partial charge is 0.236 e. The lowest BCUT2D eigenvalue weighted by molar-refractivity contribution is -0.115. The number of anilines is 2. The van der Waals surface area contributed by atoms with E-state index in [4.69, 9.17) is 5.73 Å². The Hall–Kier alpha value is -5.54. The fourth-order valence-corrected chi connectivity index (χ4v) is 6.26. The van der Waals surface area contributed by atoms with Gasteiger partial charge in [-0.1, -0.05) is 6.07 Å². The van der Waals surface area contributed by atoms with Crippen LogP contribution in [0.4, 0.5) is 28.9 Å². The Morgan fingerprint density at radius 3 is 2.27 bits per heavy atom. The number of nitrogens with two attached hydrogens (primary N) is 1. The minimum absolute atomic E-state index is 0.00599. The number of nitrogens with one attached hydrogen (secondary N) is 1. The zero-order chi connectivity index (χ0) is 35.0. The van der Waals surface area contributed by atoms with E-state index in [2.05, 4.69) is 10.3 Å². The quantitative estimate of drug-likeness (QED) is 0.160. The maximum atomic E-state index is 16.2. The number of benzene rings is 3. The minimum Gasteiger partial charge on any atom is -0.326 e. The number of hydrogen-bond donors (Lipinski definition) is 2. The summed E-state index contributed by atoms with van der Waals surface area (Å²) in [5.41, 5.74) is 5.53. The number of halogens is 4. The molecule has 10 nitrogen and oxygen atoms in total. The summed E-state index contributed by atoms with van der Waals surface area (Å²) in [4.78, 5) is 54.1. The lowest BCUT2D eigenvalue weighted by Crippen LogP contribution is -2.32. The topological polar surface area (TPSA) is 144 Å². The van der Waals surface area contributed by atoms with Gasteiger partial charge in [0.1, 0.15) is 23.1 Å². The predicted molar refractivity (Wildman–Crippen MR) is 169 cm³/mol. The zero-order valence-corrected chi connectivity index (χ0v) is 26.3. The summed E-state index contributed by atoms with van der Waals surface area (Å²) in [5, 5.41) is 2.71. The first-order valence-electron chi connectivity index (χ1n) is 14.1. The standard InChI is InChI=1S/C33H25F4N5O5S/c1-16(43)40-27-8-4-19(10-20(27)13-38)21-11-23-24(15-41(17(2)44)33(23)39-14-21)32(46)30-26(36)7-9-28(31(30)37)42(18(3)45)48(47)29-12-22(34)5-6-25(29)35/h4-12,14-15H,13,38H2,1-3H3,(H,40,43). The molecule has 0 spiro atoms. The normalized spacial score (nSPS) is 11.8. The van der Waals surface area contributed by atoms with E-state index in [-0.39, 0.29) is 33.4 Å². The molecule has 0 aliphatic heterocycles. The summed E-state index contributed by atoms with van der Waals surface area (Å²) in [5.74, 6) is -8.36. The van der Waals surface area contributed by atoms with Crippen molar-refractivity contribution in [1.29, 1.82) is 0 Å². The Balaban J connectivity index is 1.66. The monoisotopic (exact) mass is 679 g/mol. The molecule has 0 bridgehead atoms. The summed E-state index contributed by atoms with van der Waals surface area (Å²) in [7, 11) is -2.86. The van der Waals surface area contributed by atoms with Crippen LogP contribution < -0.4 is 15.4 Å². The number of pyridine rings is 1. The van der Waals surface area contributed by atoms with E-state index in [0.29, 0.717) is 40.6 Å². The van der Waals surface area contributed by atoms with Crippen LogP contribution in [-0.2, 0) is 27.1 Å². The number of nitrogens with zero attached hydrogens (tertiary/aromatic N) is 3. The molecule has 5 aromatic rings. The van der Waals surface area contributed by atoms with Crippen LogP contribution >= 0.6 is 0 Å². The van der Waals surface area contributed by atoms with Crippen molar-refractivity contribution in [2.45, 2.75) is 32.2 Å². The van der Waals surface area contributed by atoms with Crippen molar-refractivity contribution in [3.8, 4) is 11.1 Å². The molecule has 0 aliphatic rings. The highest BCUT2D eigenvalue weighted by molar-refractivity contribution is 7.87. The molecule has 2 aromatic heterocycles. The highest BCUT2D eigenvalue weighted by Gasteiger charge is 2.32. The first-order valence-corrected chi connectivity index (χ1v) is 15.2. The molecule has 0 fully saturated rings. The fourth-order valence-electron chi connectivity index (χ4n) is 5.07. The van der Waals surface area contributed by atoms with Gasteiger partial charge in [0.05, 0.1) is 21.7 Å². The molecular weight excluding hydrogens is 654 g/mol. The van der Waals surface area contributed by atoms with E-state index in [1.807, 2.05) is 0 Å². The molecular formula is C33H25F4N5O5S. The van der Waals surface area contributed by atoms with Crippen molar-refractivity contribution in [3.63, 3.8) is 0 Å². The molecule has 0 radical (unpaired) electrons. The predicted octanol–water partition coefficient (Wildman–Crippen LogP) is 5.64. The second kappa shape index (κ2) is 13.3. The molecule has 3 aromatic carbocycles. The highest BCUT2D eigenvalue weighted by Crippen LogP contribution is 2.34. The number of amides is 2. The van der Waals surface area contributed by atoms with Gasteiger partial charge in [-0.15, -0.1) is 0 Å². The van der Waals surface area contributed by atoms with Crippen molar-refractivity contribution in [1.82, 2.24) is 9.55 Å². The van der Waals surface area contributed by atoms with Gasteiger partial charge in [-0.05, 0) is 59.7 Å². The second-order valence-electron chi connectivity index (χ2n) is 10.5. The van der Waals surface area contributed by atoms with Gasteiger partial charge in [0.25, 0.3) is 0 Å². The number of hydrogen-bond acceptors (Lipinski definition) is 7. The summed E-state index contributed by atoms with van der Waals surface area (Å²) in [6.45, 7) is 3.45. The van der Waals surface area contributed by atoms with Gasteiger partial charge < -0.3 is 11.1 Å². The van der Waals surface area contributed by atoms with Gasteiger partial charge in [-0.3, -0.25) is 23.7 Å². The number of rotatable bonds is 8. The van der Waals surface area contributed by atoms with Crippen LogP contribution in [0.2, 0.25) is 0 Å². The Labute approximate surface area is 272 Å². The first-order chi connectivity index (χ1) is 22.7. The average Bonchev–Trinajstić information content (AvgIpc) is 3.42. The number of fused-ring (bicyclic) bond motifs is 1. The first kappa shape index (κ1) is 33.8. The van der Waals surface area contributed by atoms with E-state index < -0.39 is 68.0 Å². The van der Waals surface area contributed by atoms with Gasteiger partial charge in [-0.25, -0.2) is 31.1 Å². The Morgan fingerprint density at radius 2 is 1.62 bits per heavy atom. The van der Waals surface area contributed by atoms with Crippen molar-refractivity contribution in [2.24, 2.45) is 5.73 Å². The third-order valence-electron chi connectivity index (χ3n) is 7.25. The molecule has 1 unspecified atom stereocenters. The minimum atomic E-state index is -2.86. The van der Waals surface area contributed by atoms with Gasteiger partial charge >= 0.3 is 0 Å². The fraction of sp³-hybridized carbons (Fsp3) is 0.121. The molecule has 0 saturated carbocycles. The molecule has 246 valence electrons. The Bertz CT molecular complexity index is 2200. The van der Waals surface area contributed by atoms with Crippen LogP contribution in [0.15, 0.2) is 71.9 Å². The van der Waals surface area contributed by atoms with Crippen LogP contribution in [0.3, 0.4) is 0 Å². The third-order valence-corrected chi connectivity index (χ3v) is 8.72. The van der Waals surface area contributed by atoms with Crippen molar-refractivity contribution in [3.05, 3.63) is 107 Å². The van der Waals surface area contributed by atoms with Gasteiger partial charge in [0.15, 0.2) is 16.8 Å². The van der Waals surface area contributed by atoms with Crippen LogP contribution in [0.25, 0.3) is 22.2 Å². The lowest BCUT2D eigenvalue weighted by atomic mass is 9.98. The third kappa shape index (κ3) is 6.24. The maximum Gasteiger partial charge on any atom is 0.236 e. The van der Waals surface area contributed by atoms with E-state index in [1.165, 1.54) is 26.1 Å². The van der Waals surface area contributed by atoms with E-state index >= 15 is 8.78 Å². The molecule has 5 rings (SSSR count). The van der Waals surface area contributed by atoms with E-state index in [1.54, 1.807) is 18.2 Å². The number of aromatic nitrogens is 2. The number of carbonyl (C=O) groups excluding carboxylic acids is 4. The van der Waals surface area contributed by atoms with Crippen LogP contribution in [0.1, 0.15) is 47.1 Å². The Morgan fingerprint density at radius 1 is 0.917 bits per heavy atom. The Kier molecular flexibility index (Phi) is 9.36. The van der Waals surface area contributed by atoms with E-state index in [0.717, 1.165) is 29.8 Å². The van der Waals surface area contributed by atoms with Crippen LogP contribution in [0, 0.1) is 23.3 Å². The average molecular weight is 680 g/mol. The second-order valence-corrected chi connectivity index (χ2v) is 11.8.